The number of esters is 1. The summed E-state index contributed by atoms with van der Waals surface area (Å²) in [5.41, 5.74) is 6.36. The topological polar surface area (TPSA) is 159 Å². The number of nitrogen functional groups attached to an aromatic ring is 1. The lowest BCUT2D eigenvalue weighted by Gasteiger charge is -2.19. The molecule has 188 valence electrons. The van der Waals surface area contributed by atoms with Crippen molar-refractivity contribution >= 4 is 45.8 Å². The Labute approximate surface area is 210 Å². The molecule has 0 saturated carbocycles. The number of carboxylic acids is 1. The van der Waals surface area contributed by atoms with Gasteiger partial charge in [0, 0.05) is 36.3 Å². The van der Waals surface area contributed by atoms with Crippen molar-refractivity contribution in [3.8, 4) is 11.3 Å². The average Bonchev–Trinajstić information content (AvgIpc) is 3.29. The van der Waals surface area contributed by atoms with Crippen LogP contribution in [0.25, 0.3) is 11.3 Å². The molecule has 0 unspecified atom stereocenters. The zero-order chi connectivity index (χ0) is 26.4. The van der Waals surface area contributed by atoms with Gasteiger partial charge in [-0.25, -0.2) is 19.0 Å². The Morgan fingerprint density at radius 3 is 2.42 bits per heavy atom. The normalized spacial score (nSPS) is 10.5. The van der Waals surface area contributed by atoms with Gasteiger partial charge in [0.25, 0.3) is 0 Å². The van der Waals surface area contributed by atoms with Crippen LogP contribution in [0.2, 0.25) is 0 Å². The lowest BCUT2D eigenvalue weighted by atomic mass is 10.1. The highest BCUT2D eigenvalue weighted by Gasteiger charge is 2.24. The number of rotatable bonds is 10. The number of nitrogens with zero attached hydrogens (tertiary/aromatic N) is 2. The second kappa shape index (κ2) is 11.4. The van der Waals surface area contributed by atoms with Crippen LogP contribution in [0.15, 0.2) is 42.5 Å². The van der Waals surface area contributed by atoms with Gasteiger partial charge in [-0.15, -0.1) is 0 Å². The molecule has 0 aliphatic carbocycles. The van der Waals surface area contributed by atoms with Crippen molar-refractivity contribution in [1.82, 2.24) is 4.98 Å². The zero-order valence-corrected chi connectivity index (χ0v) is 20.3. The summed E-state index contributed by atoms with van der Waals surface area (Å²) in [5, 5.41) is 20.2. The molecule has 36 heavy (non-hydrogen) atoms. The van der Waals surface area contributed by atoms with Gasteiger partial charge in [-0.05, 0) is 43.3 Å². The van der Waals surface area contributed by atoms with Crippen LogP contribution in [0.1, 0.15) is 38.9 Å². The summed E-state index contributed by atoms with van der Waals surface area (Å²) in [4.78, 5) is 41.8. The summed E-state index contributed by atoms with van der Waals surface area (Å²) in [6.45, 7) is 2.49. The standard InChI is InChI=1S/C24H24FN5O5S/c1-3-30(11-10-18(31)28-15-7-4-13(5-8-15)23(34)35-2)24-29-19(20(36-24)22(32)33)16-9-6-14(21(26)27)12-17(16)25/h4-9,12H,3,10-11H2,1-2H3,(H3,26,27)(H,28,31)(H,32,33). The molecule has 1 amide bonds. The van der Waals surface area contributed by atoms with Crippen LogP contribution in [0.3, 0.4) is 0 Å². The molecule has 5 N–H and O–H groups in total. The number of carbonyl (C=O) groups is 3. The second-order valence-electron chi connectivity index (χ2n) is 7.53. The summed E-state index contributed by atoms with van der Waals surface area (Å²) >= 11 is 0.883. The molecule has 10 nitrogen and oxygen atoms in total. The van der Waals surface area contributed by atoms with E-state index >= 15 is 0 Å². The van der Waals surface area contributed by atoms with Crippen LogP contribution in [0.5, 0.6) is 0 Å². The minimum absolute atomic E-state index is 0.0240. The van der Waals surface area contributed by atoms with Crippen LogP contribution in [-0.2, 0) is 9.53 Å². The lowest BCUT2D eigenvalue weighted by molar-refractivity contribution is -0.116. The summed E-state index contributed by atoms with van der Waals surface area (Å²) in [6, 6.07) is 10.1. The Hall–Kier alpha value is -4.32. The fourth-order valence-corrected chi connectivity index (χ4v) is 4.31. The number of amides is 1. The summed E-state index contributed by atoms with van der Waals surface area (Å²) < 4.78 is 19.4. The maximum atomic E-state index is 14.7. The highest BCUT2D eigenvalue weighted by molar-refractivity contribution is 7.17. The minimum Gasteiger partial charge on any atom is -0.477 e. The molecule has 0 radical (unpaired) electrons. The monoisotopic (exact) mass is 513 g/mol. The van der Waals surface area contributed by atoms with E-state index in [9.17, 15) is 23.9 Å². The van der Waals surface area contributed by atoms with Crippen LogP contribution < -0.4 is 16.0 Å². The summed E-state index contributed by atoms with van der Waals surface area (Å²) in [6.07, 6.45) is 0.0750. The fourth-order valence-electron chi connectivity index (χ4n) is 3.30. The number of aromatic carboxylic acids is 1. The molecule has 0 bridgehead atoms. The molecular weight excluding hydrogens is 489 g/mol. The molecule has 3 rings (SSSR count). The Morgan fingerprint density at radius 1 is 1.19 bits per heavy atom. The van der Waals surface area contributed by atoms with Gasteiger partial charge in [-0.2, -0.15) is 0 Å². The first-order chi connectivity index (χ1) is 17.1. The van der Waals surface area contributed by atoms with Gasteiger partial charge < -0.3 is 25.8 Å². The predicted octanol–water partition coefficient (Wildman–Crippen LogP) is 3.57. The molecule has 2 aromatic carbocycles. The van der Waals surface area contributed by atoms with Crippen molar-refractivity contribution < 1.29 is 28.6 Å². The fraction of sp³-hybridized carbons (Fsp3) is 0.208. The first kappa shape index (κ1) is 26.3. The van der Waals surface area contributed by atoms with E-state index in [4.69, 9.17) is 11.1 Å². The van der Waals surface area contributed by atoms with E-state index in [1.807, 2.05) is 6.92 Å². The largest absolute Gasteiger partial charge is 0.477 e. The summed E-state index contributed by atoms with van der Waals surface area (Å²) in [7, 11) is 1.28. The van der Waals surface area contributed by atoms with E-state index in [1.54, 1.807) is 17.0 Å². The number of benzene rings is 2. The zero-order valence-electron chi connectivity index (χ0n) is 19.5. The number of carboxylic acid groups (broad SMARTS) is 1. The van der Waals surface area contributed by atoms with E-state index in [-0.39, 0.29) is 46.4 Å². The number of thiazole rings is 1. The smallest absolute Gasteiger partial charge is 0.348 e. The molecule has 12 heteroatoms. The van der Waals surface area contributed by atoms with Crippen molar-refractivity contribution in [2.75, 3.05) is 30.4 Å². The van der Waals surface area contributed by atoms with Gasteiger partial charge >= 0.3 is 11.9 Å². The highest BCUT2D eigenvalue weighted by atomic mass is 32.1. The predicted molar refractivity (Wildman–Crippen MR) is 134 cm³/mol. The van der Waals surface area contributed by atoms with Gasteiger partial charge in [0.15, 0.2) is 5.13 Å². The molecule has 1 aromatic heterocycles. The summed E-state index contributed by atoms with van der Waals surface area (Å²) in [5.74, 6) is -3.09. The SMILES string of the molecule is CCN(CCC(=O)Nc1ccc(C(=O)OC)cc1)c1nc(-c2ccc(C(=N)N)cc2F)c(C(=O)O)s1. The number of carbonyl (C=O) groups excluding carboxylic acids is 2. The maximum absolute atomic E-state index is 14.7. The first-order valence-electron chi connectivity index (χ1n) is 10.8. The third-order valence-electron chi connectivity index (χ3n) is 5.20. The number of hydrogen-bond acceptors (Lipinski definition) is 8. The number of nitrogens with two attached hydrogens (primary N) is 1. The number of hydrogen-bond donors (Lipinski definition) is 4. The van der Waals surface area contributed by atoms with Crippen LogP contribution in [0.4, 0.5) is 15.2 Å². The quantitative estimate of drug-likeness (QED) is 0.182. The molecule has 0 aliphatic heterocycles. The van der Waals surface area contributed by atoms with Gasteiger partial charge in [0.05, 0.1) is 12.7 Å². The van der Waals surface area contributed by atoms with E-state index in [0.717, 1.165) is 17.4 Å². The van der Waals surface area contributed by atoms with Gasteiger partial charge in [0.2, 0.25) is 5.91 Å². The molecule has 1 heterocycles. The third-order valence-corrected chi connectivity index (χ3v) is 6.30. The molecule has 0 aliphatic rings. The van der Waals surface area contributed by atoms with E-state index in [2.05, 4.69) is 15.0 Å². The second-order valence-corrected chi connectivity index (χ2v) is 8.51. The Kier molecular flexibility index (Phi) is 8.33. The van der Waals surface area contributed by atoms with Crippen molar-refractivity contribution in [2.45, 2.75) is 13.3 Å². The number of nitrogens with one attached hydrogen (secondary N) is 2. The number of ether oxygens (including phenoxy) is 1. The van der Waals surface area contributed by atoms with Gasteiger partial charge in [-0.3, -0.25) is 10.2 Å². The van der Waals surface area contributed by atoms with Crippen molar-refractivity contribution in [2.24, 2.45) is 5.73 Å². The molecule has 0 spiro atoms. The number of aromatic nitrogens is 1. The molecule has 0 fully saturated rings. The maximum Gasteiger partial charge on any atom is 0.348 e. The molecule has 0 saturated heterocycles. The number of anilines is 2. The molecular formula is C24H24FN5O5S. The van der Waals surface area contributed by atoms with Crippen molar-refractivity contribution in [1.29, 1.82) is 5.41 Å². The lowest BCUT2D eigenvalue weighted by Crippen LogP contribution is -2.27. The van der Waals surface area contributed by atoms with Crippen molar-refractivity contribution in [3.63, 3.8) is 0 Å². The Bertz CT molecular complexity index is 1310. The van der Waals surface area contributed by atoms with Gasteiger partial charge in [0.1, 0.15) is 22.2 Å². The first-order valence-corrected chi connectivity index (χ1v) is 11.6. The van der Waals surface area contributed by atoms with Crippen LogP contribution in [-0.4, -0.2) is 54.0 Å². The number of amidine groups is 1. The molecule has 0 atom stereocenters. The number of methoxy groups -OCH3 is 1. The van der Waals surface area contributed by atoms with Crippen molar-refractivity contribution in [3.05, 3.63) is 64.3 Å². The highest BCUT2D eigenvalue weighted by Crippen LogP contribution is 2.35. The van der Waals surface area contributed by atoms with Crippen LogP contribution >= 0.6 is 11.3 Å². The van der Waals surface area contributed by atoms with Gasteiger partial charge in [-0.1, -0.05) is 17.4 Å². The minimum atomic E-state index is -1.26. The average molecular weight is 514 g/mol. The third kappa shape index (κ3) is 6.02. The Balaban J connectivity index is 1.74. The van der Waals surface area contributed by atoms with Crippen LogP contribution in [0, 0.1) is 11.2 Å². The Morgan fingerprint density at radius 2 is 1.86 bits per heavy atom. The molecule has 3 aromatic rings. The number of halogens is 1. The van der Waals surface area contributed by atoms with E-state index in [1.165, 1.54) is 31.4 Å². The van der Waals surface area contributed by atoms with E-state index in [0.29, 0.717) is 22.9 Å². The van der Waals surface area contributed by atoms with E-state index < -0.39 is 17.8 Å².